The van der Waals surface area contributed by atoms with Gasteiger partial charge in [-0.25, -0.2) is 0 Å². The summed E-state index contributed by atoms with van der Waals surface area (Å²) in [5.41, 5.74) is 0. The van der Waals surface area contributed by atoms with Gasteiger partial charge in [-0.05, 0) is 0 Å². The van der Waals surface area contributed by atoms with Crippen molar-refractivity contribution < 1.29 is 44.2 Å². The summed E-state index contributed by atoms with van der Waals surface area (Å²) in [5, 5.41) is 0. The summed E-state index contributed by atoms with van der Waals surface area (Å²) in [4.78, 5) is 0. The Hall–Kier alpha value is 2.63. The Morgan fingerprint density at radius 2 is 1.50 bits per heavy atom. The molecule has 0 saturated carbocycles. The van der Waals surface area contributed by atoms with Gasteiger partial charge < -0.3 is 2.85 Å². The number of rotatable bonds is 0. The van der Waals surface area contributed by atoms with Gasteiger partial charge in [0.2, 0.25) is 0 Å². The van der Waals surface area contributed by atoms with E-state index in [9.17, 15) is 0 Å². The van der Waals surface area contributed by atoms with Crippen LogP contribution in [0.2, 0.25) is 0 Å². The maximum absolute atomic E-state index is 8.36. The van der Waals surface area contributed by atoms with Crippen LogP contribution in [-0.4, -0.2) is 48.9 Å². The summed E-state index contributed by atoms with van der Waals surface area (Å²) in [6.07, 6.45) is 0. The van der Waals surface area contributed by atoms with Crippen LogP contribution in [0, 0.1) is 0 Å². The topological polar surface area (TPSA) is 17.1 Å². The van der Waals surface area contributed by atoms with Crippen molar-refractivity contribution >= 4 is 48.9 Å². The Morgan fingerprint density at radius 1 is 1.50 bits per heavy atom. The van der Waals surface area contributed by atoms with E-state index < -0.39 is 0 Å². The minimum absolute atomic E-state index is 0. The molecule has 0 aromatic heterocycles. The van der Waals surface area contributed by atoms with E-state index in [1.165, 1.54) is 0 Å². The van der Waals surface area contributed by atoms with Crippen molar-refractivity contribution in [2.45, 2.75) is 0 Å². The van der Waals surface area contributed by atoms with Crippen LogP contribution in [0.4, 0.5) is 0 Å². The van der Waals surface area contributed by atoms with Crippen molar-refractivity contribution in [2.75, 3.05) is 0 Å². The molecule has 0 N–H and O–H groups in total. The third-order valence-electron chi connectivity index (χ3n) is 0. The van der Waals surface area contributed by atoms with Gasteiger partial charge in [0.1, 0.15) is 0 Å². The molecule has 0 atom stereocenters. The molecule has 0 heterocycles. The molecule has 0 amide bonds. The fraction of sp³-hybridized carbons (Fsp3) is 0. The fourth-order valence-electron chi connectivity index (χ4n) is 0. The summed E-state index contributed by atoms with van der Waals surface area (Å²) < 4.78 is 8.36. The van der Waals surface area contributed by atoms with E-state index in [1.54, 1.807) is 0 Å². The van der Waals surface area contributed by atoms with E-state index in [0.29, 0.717) is 0 Å². The van der Waals surface area contributed by atoms with Gasteiger partial charge >= 0.3 is 73.2 Å². The second-order valence-corrected chi connectivity index (χ2v) is 0. The van der Waals surface area contributed by atoms with Gasteiger partial charge in [-0.2, -0.15) is 0 Å². The van der Waals surface area contributed by atoms with E-state index in [-0.39, 0.29) is 89.8 Å². The molecular formula is H2BaFeOTa. The van der Waals surface area contributed by atoms with Crippen LogP contribution in [0.1, 0.15) is 2.85 Å². The third-order valence-corrected chi connectivity index (χ3v) is 0. The minimum atomic E-state index is 0. The fourth-order valence-corrected chi connectivity index (χ4v) is 0. The SMILES string of the molecule is [Ba+2].[Fe].[H-].[H-].[O]=[Ta]. The van der Waals surface area contributed by atoms with Gasteiger partial charge in [-0.1, -0.05) is 0 Å². The molecule has 0 fully saturated rings. The molecule has 23 valence electrons. The molecular weight excluding hydrogens is 390 g/mol. The molecule has 0 aliphatic heterocycles. The summed E-state index contributed by atoms with van der Waals surface area (Å²) >= 11 is 0.194. The van der Waals surface area contributed by atoms with Crippen molar-refractivity contribution in [1.29, 1.82) is 0 Å². The Balaban J connectivity index is -0.000000000833. The summed E-state index contributed by atoms with van der Waals surface area (Å²) in [5.74, 6) is 0. The molecule has 0 unspecified atom stereocenters. The molecule has 0 aromatic carbocycles. The van der Waals surface area contributed by atoms with Crippen molar-refractivity contribution in [3.05, 3.63) is 0 Å². The van der Waals surface area contributed by atoms with Gasteiger partial charge in [0.15, 0.2) is 0 Å². The first-order valence-corrected chi connectivity index (χ1v) is 1.49. The van der Waals surface area contributed by atoms with E-state index in [0.717, 1.165) is 0 Å². The molecule has 0 saturated heterocycles. The molecule has 1 nitrogen and oxygen atoms in total. The molecule has 0 aliphatic carbocycles. The first kappa shape index (κ1) is 15.9. The van der Waals surface area contributed by atoms with Gasteiger partial charge in [0.05, 0.1) is 0 Å². The van der Waals surface area contributed by atoms with E-state index in [1.807, 2.05) is 0 Å². The average molecular weight is 392 g/mol. The van der Waals surface area contributed by atoms with Gasteiger partial charge in [-0.3, -0.25) is 0 Å². The van der Waals surface area contributed by atoms with Crippen LogP contribution in [0.25, 0.3) is 0 Å². The molecule has 4 heavy (non-hydrogen) atoms. The molecule has 0 aliphatic rings. The van der Waals surface area contributed by atoms with Crippen LogP contribution >= 0.6 is 0 Å². The average Bonchev–Trinajstić information content (AvgIpc) is 1.00. The molecule has 0 bridgehead atoms. The first-order chi connectivity index (χ1) is 1.00. The molecule has 0 aromatic rings. The molecule has 4 heteroatoms. The van der Waals surface area contributed by atoms with E-state index >= 15 is 0 Å². The predicted octanol–water partition coefficient (Wildman–Crippen LogP) is -0.280. The van der Waals surface area contributed by atoms with Crippen molar-refractivity contribution in [1.82, 2.24) is 0 Å². The monoisotopic (exact) mass is 393 g/mol. The molecule has 0 radical (unpaired) electrons. The quantitative estimate of drug-likeness (QED) is 0.519. The third kappa shape index (κ3) is 8.82. The normalized spacial score (nSPS) is 0.750. The predicted molar refractivity (Wildman–Crippen MR) is 8.66 cm³/mol. The van der Waals surface area contributed by atoms with Crippen LogP contribution in [0.3, 0.4) is 0 Å². The molecule has 0 spiro atoms. The van der Waals surface area contributed by atoms with Crippen LogP contribution in [0.15, 0.2) is 0 Å². The zero-order valence-corrected chi connectivity index (χ0v) is 10.7. The second-order valence-electron chi connectivity index (χ2n) is 0. The van der Waals surface area contributed by atoms with Gasteiger partial charge in [-0.15, -0.1) is 0 Å². The first-order valence-electron chi connectivity index (χ1n) is 0.183. The van der Waals surface area contributed by atoms with E-state index in [4.69, 9.17) is 3.25 Å². The number of hydrogen-bond donors (Lipinski definition) is 0. The van der Waals surface area contributed by atoms with Crippen LogP contribution in [-0.2, 0) is 41.4 Å². The van der Waals surface area contributed by atoms with Crippen LogP contribution in [0.5, 0.6) is 0 Å². The van der Waals surface area contributed by atoms with E-state index in [2.05, 4.69) is 0 Å². The molecule has 0 rings (SSSR count). The van der Waals surface area contributed by atoms with Crippen molar-refractivity contribution in [3.8, 4) is 0 Å². The number of hydrogen-bond acceptors (Lipinski definition) is 1. The summed E-state index contributed by atoms with van der Waals surface area (Å²) in [7, 11) is 0. The maximum atomic E-state index is 8.36. The summed E-state index contributed by atoms with van der Waals surface area (Å²) in [6, 6.07) is 0. The zero-order chi connectivity index (χ0) is 2.00. The standard InChI is InChI=1S/Ba.Fe.O.Ta.2H/q+2;;;;2*-1. The van der Waals surface area contributed by atoms with Crippen molar-refractivity contribution in [3.63, 3.8) is 0 Å². The Kier molecular flexibility index (Phi) is 69.6. The summed E-state index contributed by atoms with van der Waals surface area (Å²) in [6.45, 7) is 0. The Morgan fingerprint density at radius 3 is 1.50 bits per heavy atom. The van der Waals surface area contributed by atoms with Crippen LogP contribution < -0.4 is 0 Å². The second kappa shape index (κ2) is 17.4. The van der Waals surface area contributed by atoms with Crippen molar-refractivity contribution in [2.24, 2.45) is 0 Å². The van der Waals surface area contributed by atoms with Gasteiger partial charge in [0, 0.05) is 17.1 Å². The Bertz CT molecular complexity index is 13.5. The van der Waals surface area contributed by atoms with Gasteiger partial charge in [0.25, 0.3) is 0 Å². The zero-order valence-electron chi connectivity index (χ0n) is 3.92. The Labute approximate surface area is 91.1 Å².